The van der Waals surface area contributed by atoms with Gasteiger partial charge >= 0.3 is 5.97 Å². The Hall–Kier alpha value is -4.21. The molecule has 10 heteroatoms. The van der Waals surface area contributed by atoms with Crippen LogP contribution in [0.1, 0.15) is 95.2 Å². The van der Waals surface area contributed by atoms with Crippen LogP contribution in [0.25, 0.3) is 11.1 Å². The molecule has 1 aliphatic rings. The molecule has 0 spiro atoms. The molecule has 1 aliphatic heterocycles. The fourth-order valence-electron chi connectivity index (χ4n) is 5.40. The van der Waals surface area contributed by atoms with Crippen LogP contribution in [0.2, 0.25) is 0 Å². The van der Waals surface area contributed by atoms with Crippen molar-refractivity contribution >= 4 is 34.8 Å². The lowest BCUT2D eigenvalue weighted by molar-refractivity contribution is 0.0491. The molecular formula is C35H48N6O4. The second-order valence-electron chi connectivity index (χ2n) is 11.3. The van der Waals surface area contributed by atoms with Crippen molar-refractivity contribution in [1.29, 1.82) is 0 Å². The van der Waals surface area contributed by atoms with Crippen molar-refractivity contribution in [2.45, 2.75) is 86.0 Å². The number of aromatic nitrogens is 3. The number of nitrogens with zero attached hydrogens (tertiary/aromatic N) is 6. The van der Waals surface area contributed by atoms with Gasteiger partial charge in [-0.2, -0.15) is 9.78 Å². The Bertz CT molecular complexity index is 1530. The molecule has 0 aliphatic carbocycles. The van der Waals surface area contributed by atoms with E-state index in [-0.39, 0.29) is 5.69 Å². The topological polar surface area (TPSA) is 103 Å². The number of anilines is 1. The Morgan fingerprint density at radius 3 is 2.38 bits per heavy atom. The molecule has 0 radical (unpaired) electrons. The third-order valence-electron chi connectivity index (χ3n) is 8.02. The normalized spacial score (nSPS) is 13.1. The number of hydrogen-bond donors (Lipinski definition) is 0. The first-order chi connectivity index (χ1) is 21.9. The van der Waals surface area contributed by atoms with Gasteiger partial charge in [-0.25, -0.2) is 19.8 Å². The monoisotopic (exact) mass is 616 g/mol. The van der Waals surface area contributed by atoms with Crippen molar-refractivity contribution in [3.05, 3.63) is 41.7 Å². The second-order valence-corrected chi connectivity index (χ2v) is 11.3. The van der Waals surface area contributed by atoms with E-state index in [2.05, 4.69) is 25.7 Å². The first-order valence-electron chi connectivity index (χ1n) is 16.3. The first-order valence-corrected chi connectivity index (χ1v) is 16.3. The van der Waals surface area contributed by atoms with Crippen LogP contribution in [0.5, 0.6) is 11.5 Å². The molecule has 0 N–H and O–H groups in total. The fourth-order valence-corrected chi connectivity index (χ4v) is 5.40. The van der Waals surface area contributed by atoms with Crippen LogP contribution < -0.4 is 14.4 Å². The molecule has 0 fully saturated rings. The first kappa shape index (κ1) is 33.7. The van der Waals surface area contributed by atoms with Gasteiger partial charge in [0, 0.05) is 18.7 Å². The molecule has 2 aromatic heterocycles. The standard InChI is InChI=1S/C35H48N6O4/c1-8-11-13-14-15-16-22-45-35(42)32-31(27-23-26(43-6)17-19-29(27)44-7)34-37-25(5)33(41(34)39-32)38-28-18-20-30(36-24(28)4)40(10-3)21-12-9-2/h17-20,23H,8-16,21-22H2,1-7H3. The zero-order chi connectivity index (χ0) is 32.3. The Morgan fingerprint density at radius 1 is 0.933 bits per heavy atom. The van der Waals surface area contributed by atoms with E-state index in [9.17, 15) is 4.79 Å². The number of aryl methyl sites for hydroxylation is 1. The minimum Gasteiger partial charge on any atom is -0.497 e. The van der Waals surface area contributed by atoms with E-state index in [0.29, 0.717) is 52.3 Å². The molecule has 0 atom stereocenters. The molecule has 0 saturated carbocycles. The number of hydrogen-bond acceptors (Lipinski definition) is 9. The van der Waals surface area contributed by atoms with Crippen LogP contribution in [0.15, 0.2) is 40.3 Å². The van der Waals surface area contributed by atoms with Crippen molar-refractivity contribution in [3.8, 4) is 22.6 Å². The number of methoxy groups -OCH3 is 2. The molecule has 1 aromatic carbocycles. The van der Waals surface area contributed by atoms with E-state index in [1.54, 1.807) is 25.0 Å². The number of fused-ring (bicyclic) bond motifs is 1. The molecule has 4 rings (SSSR count). The van der Waals surface area contributed by atoms with Gasteiger partial charge < -0.3 is 19.1 Å². The highest BCUT2D eigenvalue weighted by Crippen LogP contribution is 2.43. The highest BCUT2D eigenvalue weighted by molar-refractivity contribution is 6.44. The SMILES string of the molecule is CCCCCCCCOC(=O)c1nn2c(c1-c1cc(OC)ccc1OC)N=C(C)C2=Nc1ccc(N(CC)CCCC)nc1C. The van der Waals surface area contributed by atoms with Gasteiger partial charge in [0.15, 0.2) is 17.3 Å². The smallest absolute Gasteiger partial charge is 0.359 e. The summed E-state index contributed by atoms with van der Waals surface area (Å²) in [7, 11) is 3.19. The third kappa shape index (κ3) is 7.90. The molecule has 10 nitrogen and oxygen atoms in total. The summed E-state index contributed by atoms with van der Waals surface area (Å²) in [6.45, 7) is 12.6. The molecule has 0 bridgehead atoms. The number of rotatable bonds is 17. The number of ether oxygens (including phenoxy) is 3. The number of benzene rings is 1. The zero-order valence-electron chi connectivity index (χ0n) is 28.0. The summed E-state index contributed by atoms with van der Waals surface area (Å²) >= 11 is 0. The summed E-state index contributed by atoms with van der Waals surface area (Å²) in [5.41, 5.74) is 3.50. The quantitative estimate of drug-likeness (QED) is 0.111. The van der Waals surface area contributed by atoms with Gasteiger partial charge in [0.1, 0.15) is 17.3 Å². The average Bonchev–Trinajstić information content (AvgIpc) is 3.56. The van der Waals surface area contributed by atoms with Gasteiger partial charge in [0.05, 0.1) is 43.5 Å². The highest BCUT2D eigenvalue weighted by atomic mass is 16.5. The molecular weight excluding hydrogens is 568 g/mol. The van der Waals surface area contributed by atoms with E-state index in [4.69, 9.17) is 34.3 Å². The van der Waals surface area contributed by atoms with Gasteiger partial charge in [-0.1, -0.05) is 52.4 Å². The number of carbonyl (C=O) groups is 1. The van der Waals surface area contributed by atoms with Crippen LogP contribution in [-0.2, 0) is 4.74 Å². The fraction of sp³-hybridized carbons (Fsp3) is 0.514. The third-order valence-corrected chi connectivity index (χ3v) is 8.02. The minimum atomic E-state index is -0.508. The van der Waals surface area contributed by atoms with Gasteiger partial charge in [-0.15, -0.1) is 0 Å². The number of esters is 1. The lowest BCUT2D eigenvalue weighted by Gasteiger charge is -2.22. The predicted molar refractivity (Wildman–Crippen MR) is 181 cm³/mol. The zero-order valence-corrected chi connectivity index (χ0v) is 28.0. The van der Waals surface area contributed by atoms with Crippen molar-refractivity contribution < 1.29 is 19.0 Å². The predicted octanol–water partition coefficient (Wildman–Crippen LogP) is 8.10. The van der Waals surface area contributed by atoms with Crippen molar-refractivity contribution in [2.24, 2.45) is 9.98 Å². The summed E-state index contributed by atoms with van der Waals surface area (Å²) in [6, 6.07) is 9.43. The van der Waals surface area contributed by atoms with Gasteiger partial charge in [-0.05, 0) is 63.9 Å². The lowest BCUT2D eigenvalue weighted by Crippen LogP contribution is -2.25. The maximum Gasteiger partial charge on any atom is 0.359 e. The second kappa shape index (κ2) is 16.2. The maximum atomic E-state index is 13.6. The summed E-state index contributed by atoms with van der Waals surface area (Å²) in [5, 5.41) is 4.76. The summed E-state index contributed by atoms with van der Waals surface area (Å²) in [4.78, 5) is 30.5. The van der Waals surface area contributed by atoms with E-state index < -0.39 is 5.97 Å². The van der Waals surface area contributed by atoms with Crippen LogP contribution in [0.3, 0.4) is 0 Å². The number of pyridine rings is 1. The van der Waals surface area contributed by atoms with Crippen molar-refractivity contribution in [1.82, 2.24) is 14.8 Å². The van der Waals surface area contributed by atoms with E-state index in [1.165, 1.54) is 19.3 Å². The number of carbonyl (C=O) groups excluding carboxylic acids is 1. The van der Waals surface area contributed by atoms with Crippen molar-refractivity contribution in [3.63, 3.8) is 0 Å². The van der Waals surface area contributed by atoms with E-state index in [1.807, 2.05) is 38.1 Å². The molecule has 3 heterocycles. The highest BCUT2D eigenvalue weighted by Gasteiger charge is 2.33. The summed E-state index contributed by atoms with van der Waals surface area (Å²) < 4.78 is 18.6. The van der Waals surface area contributed by atoms with Crippen LogP contribution in [-0.4, -0.2) is 66.2 Å². The molecule has 45 heavy (non-hydrogen) atoms. The molecule has 0 unspecified atom stereocenters. The van der Waals surface area contributed by atoms with Crippen LogP contribution >= 0.6 is 0 Å². The summed E-state index contributed by atoms with van der Waals surface area (Å²) in [5.74, 6) is 2.63. The number of aliphatic imine (C=N–C) groups is 2. The summed E-state index contributed by atoms with van der Waals surface area (Å²) in [6.07, 6.45) is 8.82. The lowest BCUT2D eigenvalue weighted by atomic mass is 10.0. The Labute approximate surface area is 267 Å². The van der Waals surface area contributed by atoms with Gasteiger partial charge in [-0.3, -0.25) is 0 Å². The molecule has 0 amide bonds. The Kier molecular flexibility index (Phi) is 12.1. The van der Waals surface area contributed by atoms with Crippen LogP contribution in [0, 0.1) is 6.92 Å². The van der Waals surface area contributed by atoms with Crippen molar-refractivity contribution in [2.75, 3.05) is 38.8 Å². The van der Waals surface area contributed by atoms with E-state index >= 15 is 0 Å². The average molecular weight is 617 g/mol. The Morgan fingerprint density at radius 2 is 1.69 bits per heavy atom. The van der Waals surface area contributed by atoms with Gasteiger partial charge in [0.2, 0.25) is 0 Å². The molecule has 0 saturated heterocycles. The largest absolute Gasteiger partial charge is 0.497 e. The molecule has 242 valence electrons. The molecule has 3 aromatic rings. The maximum absolute atomic E-state index is 13.6. The van der Waals surface area contributed by atoms with E-state index in [0.717, 1.165) is 56.7 Å². The minimum absolute atomic E-state index is 0.159. The van der Waals surface area contributed by atoms with Crippen LogP contribution in [0.4, 0.5) is 17.3 Å². The van der Waals surface area contributed by atoms with Gasteiger partial charge in [0.25, 0.3) is 0 Å². The number of unbranched alkanes of at least 4 members (excludes halogenated alkanes) is 6. The Balaban J connectivity index is 1.72.